The van der Waals surface area contributed by atoms with Crippen LogP contribution < -0.4 is 0 Å². The monoisotopic (exact) mass is 253 g/mol. The summed E-state index contributed by atoms with van der Waals surface area (Å²) >= 11 is 5.78. The van der Waals surface area contributed by atoms with Crippen LogP contribution in [0.2, 0.25) is 0 Å². The Bertz CT molecular complexity index is 327. The zero-order valence-corrected chi connectivity index (χ0v) is 12.2. The van der Waals surface area contributed by atoms with Crippen molar-refractivity contribution in [2.24, 2.45) is 0 Å². The predicted octanol–water partition coefficient (Wildman–Crippen LogP) is 4.14. The average molecular weight is 254 g/mol. The number of benzene rings is 1. The quantitative estimate of drug-likeness (QED) is 0.689. The van der Waals surface area contributed by atoms with Crippen molar-refractivity contribution in [2.45, 2.75) is 46.7 Å². The van der Waals surface area contributed by atoms with E-state index in [1.807, 2.05) is 0 Å². The smallest absolute Gasteiger partial charge is 0.0236 e. The molecule has 0 aromatic heterocycles. The van der Waals surface area contributed by atoms with E-state index in [1.165, 1.54) is 16.7 Å². The minimum atomic E-state index is 0.569. The summed E-state index contributed by atoms with van der Waals surface area (Å²) in [4.78, 5) is 2.48. The lowest BCUT2D eigenvalue weighted by molar-refractivity contribution is 0.213. The second-order valence-corrected chi connectivity index (χ2v) is 5.48. The molecule has 1 aromatic rings. The Kier molecular flexibility index (Phi) is 6.01. The Morgan fingerprint density at radius 3 is 2.18 bits per heavy atom. The second-order valence-electron chi connectivity index (χ2n) is 5.10. The van der Waals surface area contributed by atoms with Gasteiger partial charge in [0.05, 0.1) is 0 Å². The van der Waals surface area contributed by atoms with Gasteiger partial charge in [0, 0.05) is 18.5 Å². The molecule has 1 nitrogen and oxygen atoms in total. The van der Waals surface area contributed by atoms with Crippen LogP contribution in [-0.4, -0.2) is 23.4 Å². The van der Waals surface area contributed by atoms with Crippen molar-refractivity contribution in [3.05, 3.63) is 34.9 Å². The molecule has 2 heteroatoms. The maximum absolute atomic E-state index is 5.78. The maximum Gasteiger partial charge on any atom is 0.0236 e. The molecule has 1 rings (SSSR count). The average Bonchev–Trinajstić information content (AvgIpc) is 2.22. The van der Waals surface area contributed by atoms with Crippen molar-refractivity contribution < 1.29 is 0 Å². The Morgan fingerprint density at radius 1 is 1.12 bits per heavy atom. The first-order valence-electron chi connectivity index (χ1n) is 6.40. The van der Waals surface area contributed by atoms with Crippen LogP contribution in [0.3, 0.4) is 0 Å². The van der Waals surface area contributed by atoms with Gasteiger partial charge < -0.3 is 0 Å². The molecule has 0 saturated carbocycles. The molecule has 0 aliphatic rings. The number of hydrogen-bond acceptors (Lipinski definition) is 1. The molecule has 0 amide bonds. The Balaban J connectivity index is 2.71. The highest BCUT2D eigenvalue weighted by atomic mass is 35.5. The summed E-state index contributed by atoms with van der Waals surface area (Å²) < 4.78 is 0. The van der Waals surface area contributed by atoms with Gasteiger partial charge in [0.1, 0.15) is 0 Å². The SMILES string of the molecule is Cc1cc(C)cc(CN(CCCCl)C(C)C)c1. The Hall–Kier alpha value is -0.530. The molecule has 0 saturated heterocycles. The van der Waals surface area contributed by atoms with Crippen molar-refractivity contribution >= 4 is 11.6 Å². The molecule has 0 aliphatic carbocycles. The standard InChI is InChI=1S/C15H24ClN/c1-12(2)17(7-5-6-16)11-15-9-13(3)8-14(4)10-15/h8-10,12H,5-7,11H2,1-4H3. The highest BCUT2D eigenvalue weighted by Crippen LogP contribution is 2.13. The molecule has 96 valence electrons. The lowest BCUT2D eigenvalue weighted by Gasteiger charge is -2.26. The molecule has 0 atom stereocenters. The molecular formula is C15H24ClN. The second kappa shape index (κ2) is 7.03. The molecule has 0 spiro atoms. The van der Waals surface area contributed by atoms with Crippen molar-refractivity contribution in [2.75, 3.05) is 12.4 Å². The van der Waals surface area contributed by atoms with E-state index in [0.29, 0.717) is 6.04 Å². The molecule has 0 heterocycles. The van der Waals surface area contributed by atoms with Crippen LogP contribution in [0.5, 0.6) is 0 Å². The fourth-order valence-electron chi connectivity index (χ4n) is 2.18. The van der Waals surface area contributed by atoms with Crippen molar-refractivity contribution in [1.82, 2.24) is 4.90 Å². The van der Waals surface area contributed by atoms with Gasteiger partial charge in [-0.25, -0.2) is 0 Å². The number of aryl methyl sites for hydroxylation is 2. The predicted molar refractivity (Wildman–Crippen MR) is 76.8 cm³/mol. The van der Waals surface area contributed by atoms with E-state index in [9.17, 15) is 0 Å². The summed E-state index contributed by atoms with van der Waals surface area (Å²) in [5.41, 5.74) is 4.10. The molecular weight excluding hydrogens is 230 g/mol. The Labute approximate surface area is 111 Å². The van der Waals surface area contributed by atoms with Crippen LogP contribution in [0, 0.1) is 13.8 Å². The summed E-state index contributed by atoms with van der Waals surface area (Å²) in [6, 6.07) is 7.35. The van der Waals surface area contributed by atoms with Crippen LogP contribution in [0.25, 0.3) is 0 Å². The highest BCUT2D eigenvalue weighted by molar-refractivity contribution is 6.17. The molecule has 0 aliphatic heterocycles. The third-order valence-corrected chi connectivity index (χ3v) is 3.24. The summed E-state index contributed by atoms with van der Waals surface area (Å²) in [6.07, 6.45) is 1.06. The minimum absolute atomic E-state index is 0.569. The van der Waals surface area contributed by atoms with Crippen molar-refractivity contribution in [3.8, 4) is 0 Å². The first-order valence-corrected chi connectivity index (χ1v) is 6.93. The van der Waals surface area contributed by atoms with E-state index >= 15 is 0 Å². The fraction of sp³-hybridized carbons (Fsp3) is 0.600. The molecule has 0 fully saturated rings. The van der Waals surface area contributed by atoms with Gasteiger partial charge in [-0.3, -0.25) is 4.90 Å². The van der Waals surface area contributed by atoms with Gasteiger partial charge in [0.15, 0.2) is 0 Å². The topological polar surface area (TPSA) is 3.24 Å². The van der Waals surface area contributed by atoms with E-state index in [-0.39, 0.29) is 0 Å². The van der Waals surface area contributed by atoms with Gasteiger partial charge in [-0.15, -0.1) is 11.6 Å². The third-order valence-electron chi connectivity index (χ3n) is 2.98. The van der Waals surface area contributed by atoms with E-state index in [4.69, 9.17) is 11.6 Å². The number of rotatable bonds is 6. The normalized spacial score (nSPS) is 11.5. The van der Waals surface area contributed by atoms with E-state index in [0.717, 1.165) is 25.4 Å². The summed E-state index contributed by atoms with van der Waals surface area (Å²) in [7, 11) is 0. The summed E-state index contributed by atoms with van der Waals surface area (Å²) in [5, 5.41) is 0. The maximum atomic E-state index is 5.78. The molecule has 17 heavy (non-hydrogen) atoms. The zero-order valence-electron chi connectivity index (χ0n) is 11.5. The highest BCUT2D eigenvalue weighted by Gasteiger charge is 2.09. The third kappa shape index (κ3) is 5.10. The molecule has 0 N–H and O–H groups in total. The summed E-state index contributed by atoms with van der Waals surface area (Å²) in [5.74, 6) is 0.746. The number of nitrogens with zero attached hydrogens (tertiary/aromatic N) is 1. The van der Waals surface area contributed by atoms with Crippen LogP contribution >= 0.6 is 11.6 Å². The van der Waals surface area contributed by atoms with Crippen LogP contribution in [0.15, 0.2) is 18.2 Å². The molecule has 1 aromatic carbocycles. The zero-order chi connectivity index (χ0) is 12.8. The van der Waals surface area contributed by atoms with Gasteiger partial charge in [0.25, 0.3) is 0 Å². The Morgan fingerprint density at radius 2 is 1.71 bits per heavy atom. The van der Waals surface area contributed by atoms with Crippen LogP contribution in [-0.2, 0) is 6.54 Å². The van der Waals surface area contributed by atoms with Crippen LogP contribution in [0.1, 0.15) is 37.0 Å². The number of halogens is 1. The van der Waals surface area contributed by atoms with Gasteiger partial charge in [-0.05, 0) is 46.2 Å². The van der Waals surface area contributed by atoms with Gasteiger partial charge in [-0.2, -0.15) is 0 Å². The lowest BCUT2D eigenvalue weighted by atomic mass is 10.1. The first kappa shape index (κ1) is 14.5. The largest absolute Gasteiger partial charge is 0.297 e. The van der Waals surface area contributed by atoms with E-state index in [2.05, 4.69) is 50.8 Å². The van der Waals surface area contributed by atoms with Crippen LogP contribution in [0.4, 0.5) is 0 Å². The van der Waals surface area contributed by atoms with Crippen molar-refractivity contribution in [3.63, 3.8) is 0 Å². The number of hydrogen-bond donors (Lipinski definition) is 0. The lowest BCUT2D eigenvalue weighted by Crippen LogP contribution is -2.31. The minimum Gasteiger partial charge on any atom is -0.297 e. The number of alkyl halides is 1. The fourth-order valence-corrected chi connectivity index (χ4v) is 2.30. The van der Waals surface area contributed by atoms with E-state index < -0.39 is 0 Å². The van der Waals surface area contributed by atoms with Gasteiger partial charge >= 0.3 is 0 Å². The van der Waals surface area contributed by atoms with Gasteiger partial charge in [0.2, 0.25) is 0 Å². The molecule has 0 unspecified atom stereocenters. The van der Waals surface area contributed by atoms with Gasteiger partial charge in [-0.1, -0.05) is 29.3 Å². The first-order chi connectivity index (χ1) is 8.02. The molecule has 0 radical (unpaired) electrons. The molecule has 0 bridgehead atoms. The van der Waals surface area contributed by atoms with Crippen molar-refractivity contribution in [1.29, 1.82) is 0 Å². The summed E-state index contributed by atoms with van der Waals surface area (Å²) in [6.45, 7) is 10.9. The van der Waals surface area contributed by atoms with E-state index in [1.54, 1.807) is 0 Å².